The molecule has 1 N–H and O–H groups in total. The number of aliphatic hydroxyl groups excluding tert-OH is 1. The van der Waals surface area contributed by atoms with Crippen LogP contribution in [0.15, 0.2) is 18.2 Å². The van der Waals surface area contributed by atoms with Crippen molar-refractivity contribution >= 4 is 5.91 Å². The van der Waals surface area contributed by atoms with E-state index in [1.54, 1.807) is 18.0 Å². The molecular formula is C17H22FNO2. The number of carbonyl (C=O) groups excluding carboxylic acids is 1. The average Bonchev–Trinajstić information content (AvgIpc) is 2.48. The van der Waals surface area contributed by atoms with Gasteiger partial charge in [0.05, 0.1) is 12.2 Å². The van der Waals surface area contributed by atoms with Crippen molar-refractivity contribution in [2.45, 2.75) is 26.7 Å². The lowest BCUT2D eigenvalue weighted by Gasteiger charge is -2.20. The molecule has 1 unspecified atom stereocenters. The number of rotatable bonds is 5. The zero-order valence-electron chi connectivity index (χ0n) is 12.8. The summed E-state index contributed by atoms with van der Waals surface area (Å²) >= 11 is 0. The van der Waals surface area contributed by atoms with Gasteiger partial charge in [-0.05, 0) is 24.1 Å². The summed E-state index contributed by atoms with van der Waals surface area (Å²) in [6.07, 6.45) is 1.29. The predicted octanol–water partition coefficient (Wildman–Crippen LogP) is 2.68. The van der Waals surface area contributed by atoms with Gasteiger partial charge in [0.15, 0.2) is 0 Å². The van der Waals surface area contributed by atoms with Crippen LogP contribution in [0.2, 0.25) is 0 Å². The maximum absolute atomic E-state index is 13.9. The molecule has 0 radical (unpaired) electrons. The summed E-state index contributed by atoms with van der Waals surface area (Å²) in [5.41, 5.74) is 0.565. The smallest absolute Gasteiger partial charge is 0.253 e. The maximum atomic E-state index is 13.9. The molecular weight excluding hydrogens is 269 g/mol. The van der Waals surface area contributed by atoms with Gasteiger partial charge in [0.2, 0.25) is 0 Å². The fourth-order valence-electron chi connectivity index (χ4n) is 1.86. The Hall–Kier alpha value is -1.86. The Morgan fingerprint density at radius 3 is 2.76 bits per heavy atom. The molecule has 1 amide bonds. The first-order chi connectivity index (χ1) is 9.99. The average molecular weight is 291 g/mol. The lowest BCUT2D eigenvalue weighted by atomic mass is 10.1. The van der Waals surface area contributed by atoms with Crippen LogP contribution in [0.4, 0.5) is 4.39 Å². The van der Waals surface area contributed by atoms with E-state index in [-0.39, 0.29) is 18.1 Å². The van der Waals surface area contributed by atoms with Gasteiger partial charge >= 0.3 is 0 Å². The van der Waals surface area contributed by atoms with Crippen LogP contribution in [-0.4, -0.2) is 36.1 Å². The highest BCUT2D eigenvalue weighted by Crippen LogP contribution is 2.13. The van der Waals surface area contributed by atoms with Crippen molar-refractivity contribution in [1.82, 2.24) is 4.90 Å². The van der Waals surface area contributed by atoms with E-state index in [1.807, 2.05) is 0 Å². The van der Waals surface area contributed by atoms with E-state index in [4.69, 9.17) is 5.11 Å². The predicted molar refractivity (Wildman–Crippen MR) is 81.4 cm³/mol. The quantitative estimate of drug-likeness (QED) is 0.847. The van der Waals surface area contributed by atoms with Gasteiger partial charge in [-0.1, -0.05) is 32.1 Å². The molecule has 3 nitrogen and oxygen atoms in total. The number of amides is 1. The van der Waals surface area contributed by atoms with Crippen molar-refractivity contribution in [2.75, 3.05) is 20.2 Å². The molecule has 21 heavy (non-hydrogen) atoms. The second kappa shape index (κ2) is 8.43. The molecule has 1 atom stereocenters. The molecule has 4 heteroatoms. The van der Waals surface area contributed by atoms with E-state index in [1.165, 1.54) is 12.1 Å². The Balaban J connectivity index is 2.83. The molecule has 0 spiro atoms. The Labute approximate surface area is 125 Å². The summed E-state index contributed by atoms with van der Waals surface area (Å²) in [7, 11) is 1.72. The largest absolute Gasteiger partial charge is 0.395 e. The van der Waals surface area contributed by atoms with Crippen molar-refractivity contribution < 1.29 is 14.3 Å². The molecule has 0 saturated heterocycles. The number of hydrogen-bond acceptors (Lipinski definition) is 2. The van der Waals surface area contributed by atoms with Gasteiger partial charge in [-0.15, -0.1) is 0 Å². The zero-order valence-corrected chi connectivity index (χ0v) is 12.8. The highest BCUT2D eigenvalue weighted by atomic mass is 19.1. The van der Waals surface area contributed by atoms with Crippen LogP contribution in [0.25, 0.3) is 0 Å². The van der Waals surface area contributed by atoms with Crippen LogP contribution in [0, 0.1) is 23.6 Å². The van der Waals surface area contributed by atoms with E-state index < -0.39 is 5.82 Å². The maximum Gasteiger partial charge on any atom is 0.253 e. The van der Waals surface area contributed by atoms with Crippen LogP contribution in [0.1, 0.15) is 42.6 Å². The highest BCUT2D eigenvalue weighted by Gasteiger charge is 2.15. The van der Waals surface area contributed by atoms with E-state index in [2.05, 4.69) is 25.7 Å². The zero-order chi connectivity index (χ0) is 15.8. The third-order valence-corrected chi connectivity index (χ3v) is 3.31. The summed E-state index contributed by atoms with van der Waals surface area (Å²) in [5.74, 6) is 5.01. The normalized spacial score (nSPS) is 11.5. The minimum Gasteiger partial charge on any atom is -0.395 e. The summed E-state index contributed by atoms with van der Waals surface area (Å²) in [5, 5.41) is 8.64. The van der Waals surface area contributed by atoms with Gasteiger partial charge in [-0.2, -0.15) is 0 Å². The van der Waals surface area contributed by atoms with Gasteiger partial charge in [0.25, 0.3) is 5.91 Å². The lowest BCUT2D eigenvalue weighted by molar-refractivity contribution is 0.0774. The van der Waals surface area contributed by atoms with Gasteiger partial charge in [0, 0.05) is 25.6 Å². The Morgan fingerprint density at radius 2 is 2.19 bits per heavy atom. The summed E-state index contributed by atoms with van der Waals surface area (Å²) in [4.78, 5) is 13.8. The monoisotopic (exact) mass is 291 g/mol. The fraction of sp³-hybridized carbons (Fsp3) is 0.471. The first-order valence-corrected chi connectivity index (χ1v) is 7.14. The van der Waals surface area contributed by atoms with E-state index >= 15 is 0 Å². The number of carbonyl (C=O) groups is 1. The van der Waals surface area contributed by atoms with Crippen LogP contribution in [0.3, 0.4) is 0 Å². The summed E-state index contributed by atoms with van der Waals surface area (Å²) in [6, 6.07) is 4.31. The Morgan fingerprint density at radius 1 is 1.48 bits per heavy atom. The van der Waals surface area contributed by atoms with Gasteiger partial charge in [-0.25, -0.2) is 4.39 Å². The fourth-order valence-corrected chi connectivity index (χ4v) is 1.86. The standard InChI is InChI=1S/C17H22FNO2/c1-4-13(2)12-19(3)17(21)15-9-8-14(16(18)11-15)7-5-6-10-20/h8-9,11,13,20H,4,6,10,12H2,1-3H3. The van der Waals surface area contributed by atoms with Crippen LogP contribution >= 0.6 is 0 Å². The summed E-state index contributed by atoms with van der Waals surface area (Å²) in [6.45, 7) is 4.74. The third-order valence-electron chi connectivity index (χ3n) is 3.31. The van der Waals surface area contributed by atoms with Gasteiger partial charge in [-0.3, -0.25) is 4.79 Å². The van der Waals surface area contributed by atoms with Crippen molar-refractivity contribution in [1.29, 1.82) is 0 Å². The van der Waals surface area contributed by atoms with E-state index in [0.717, 1.165) is 6.42 Å². The minimum atomic E-state index is -0.511. The molecule has 0 fully saturated rings. The first-order valence-electron chi connectivity index (χ1n) is 7.14. The molecule has 0 aliphatic rings. The van der Waals surface area contributed by atoms with Gasteiger partial charge < -0.3 is 10.0 Å². The molecule has 0 aromatic heterocycles. The molecule has 1 aromatic rings. The van der Waals surface area contributed by atoms with Crippen molar-refractivity contribution in [3.63, 3.8) is 0 Å². The first kappa shape index (κ1) is 17.2. The van der Waals surface area contributed by atoms with Crippen LogP contribution in [-0.2, 0) is 0 Å². The molecule has 0 bridgehead atoms. The Kier molecular flexibility index (Phi) is 6.90. The molecule has 0 aliphatic carbocycles. The number of benzene rings is 1. The van der Waals surface area contributed by atoms with Crippen LogP contribution < -0.4 is 0 Å². The second-order valence-electron chi connectivity index (χ2n) is 5.17. The molecule has 1 rings (SSSR count). The topological polar surface area (TPSA) is 40.5 Å². The number of nitrogens with zero attached hydrogens (tertiary/aromatic N) is 1. The number of aliphatic hydroxyl groups is 1. The molecule has 0 heterocycles. The highest BCUT2D eigenvalue weighted by molar-refractivity contribution is 5.94. The molecule has 0 aliphatic heterocycles. The van der Waals surface area contributed by atoms with Crippen LogP contribution in [0.5, 0.6) is 0 Å². The lowest BCUT2D eigenvalue weighted by Crippen LogP contribution is -2.30. The summed E-state index contributed by atoms with van der Waals surface area (Å²) < 4.78 is 13.9. The number of hydrogen-bond donors (Lipinski definition) is 1. The molecule has 1 aromatic carbocycles. The van der Waals surface area contributed by atoms with Crippen molar-refractivity contribution in [2.24, 2.45) is 5.92 Å². The Bertz CT molecular complexity index is 545. The van der Waals surface area contributed by atoms with E-state index in [9.17, 15) is 9.18 Å². The molecule has 114 valence electrons. The van der Waals surface area contributed by atoms with E-state index in [0.29, 0.717) is 24.4 Å². The molecule has 0 saturated carbocycles. The van der Waals surface area contributed by atoms with Crippen molar-refractivity contribution in [3.05, 3.63) is 35.1 Å². The minimum absolute atomic E-state index is 0.0500. The number of halogens is 1. The third kappa shape index (κ3) is 5.20. The second-order valence-corrected chi connectivity index (χ2v) is 5.17. The van der Waals surface area contributed by atoms with Gasteiger partial charge in [0.1, 0.15) is 5.82 Å². The van der Waals surface area contributed by atoms with Crippen molar-refractivity contribution in [3.8, 4) is 11.8 Å². The SMILES string of the molecule is CCC(C)CN(C)C(=O)c1ccc(C#CCCO)c(F)c1.